The van der Waals surface area contributed by atoms with E-state index in [9.17, 15) is 8.78 Å². The number of nitrogens with two attached hydrogens (primary N) is 1. The Morgan fingerprint density at radius 3 is 2.37 bits per heavy atom. The van der Waals surface area contributed by atoms with Crippen LogP contribution in [0.2, 0.25) is 0 Å². The summed E-state index contributed by atoms with van der Waals surface area (Å²) in [5, 5.41) is 0.723. The van der Waals surface area contributed by atoms with Crippen LogP contribution in [0.4, 0.5) is 14.5 Å². The number of anilines is 1. The molecule has 0 bridgehead atoms. The molecule has 2 N–H and O–H groups in total. The minimum absolute atomic E-state index is 0.0130. The first-order valence-electron chi connectivity index (χ1n) is 5.62. The summed E-state index contributed by atoms with van der Waals surface area (Å²) in [6.45, 7) is 0. The van der Waals surface area contributed by atoms with Crippen molar-refractivity contribution in [1.82, 2.24) is 9.97 Å². The van der Waals surface area contributed by atoms with Crippen molar-refractivity contribution in [3.8, 4) is 11.4 Å². The average Bonchev–Trinajstić information content (AvgIpc) is 2.39. The average molecular weight is 257 g/mol. The molecule has 0 saturated heterocycles. The Morgan fingerprint density at radius 2 is 1.63 bits per heavy atom. The molecule has 3 rings (SSSR count). The molecule has 0 spiro atoms. The zero-order valence-electron chi connectivity index (χ0n) is 9.77. The van der Waals surface area contributed by atoms with Gasteiger partial charge in [-0.25, -0.2) is 18.7 Å². The van der Waals surface area contributed by atoms with Crippen molar-refractivity contribution in [2.24, 2.45) is 0 Å². The van der Waals surface area contributed by atoms with Crippen LogP contribution in [-0.4, -0.2) is 9.97 Å². The molecule has 0 unspecified atom stereocenters. The van der Waals surface area contributed by atoms with Crippen molar-refractivity contribution in [1.29, 1.82) is 0 Å². The molecule has 0 aliphatic heterocycles. The van der Waals surface area contributed by atoms with E-state index in [2.05, 4.69) is 9.97 Å². The van der Waals surface area contributed by atoms with Crippen LogP contribution in [0.3, 0.4) is 0 Å². The monoisotopic (exact) mass is 257 g/mol. The normalized spacial score (nSPS) is 10.8. The number of para-hydroxylation sites is 1. The maximum absolute atomic E-state index is 13.7. The lowest BCUT2D eigenvalue weighted by molar-refractivity contribution is 0.587. The lowest BCUT2D eigenvalue weighted by Gasteiger charge is -2.06. The molecule has 0 aliphatic rings. The fourth-order valence-electron chi connectivity index (χ4n) is 1.91. The molecule has 1 heterocycles. The highest BCUT2D eigenvalue weighted by atomic mass is 19.1. The van der Waals surface area contributed by atoms with Gasteiger partial charge in [-0.1, -0.05) is 18.2 Å². The van der Waals surface area contributed by atoms with E-state index in [4.69, 9.17) is 5.73 Å². The second kappa shape index (κ2) is 4.28. The third-order valence-electron chi connectivity index (χ3n) is 2.83. The first kappa shape index (κ1) is 11.5. The van der Waals surface area contributed by atoms with Crippen LogP contribution in [0.5, 0.6) is 0 Å². The van der Waals surface area contributed by atoms with E-state index >= 15 is 0 Å². The number of aromatic nitrogens is 2. The minimum Gasteiger partial charge on any atom is -0.397 e. The summed E-state index contributed by atoms with van der Waals surface area (Å²) in [5.41, 5.74) is 6.48. The Kier molecular flexibility index (Phi) is 2.59. The Labute approximate surface area is 107 Å². The molecule has 3 nitrogen and oxygen atoms in total. The van der Waals surface area contributed by atoms with Gasteiger partial charge in [-0.15, -0.1) is 0 Å². The Bertz CT molecular complexity index is 751. The molecule has 2 aromatic carbocycles. The van der Waals surface area contributed by atoms with Gasteiger partial charge >= 0.3 is 0 Å². The van der Waals surface area contributed by atoms with Gasteiger partial charge in [0.05, 0.1) is 16.8 Å². The Morgan fingerprint density at radius 1 is 0.947 bits per heavy atom. The zero-order chi connectivity index (χ0) is 13.4. The molecule has 0 atom stereocenters. The molecule has 1 aromatic heterocycles. The summed E-state index contributed by atoms with van der Waals surface area (Å²) in [5.74, 6) is -1.41. The third kappa shape index (κ3) is 1.89. The summed E-state index contributed by atoms with van der Waals surface area (Å²) < 4.78 is 27.4. The van der Waals surface area contributed by atoms with E-state index in [0.717, 1.165) is 5.39 Å². The van der Waals surface area contributed by atoms with E-state index in [-0.39, 0.29) is 11.4 Å². The number of fused-ring (bicyclic) bond motifs is 1. The predicted octanol–water partition coefficient (Wildman–Crippen LogP) is 3.16. The van der Waals surface area contributed by atoms with Gasteiger partial charge in [-0.05, 0) is 18.2 Å². The second-order valence-electron chi connectivity index (χ2n) is 4.08. The van der Waals surface area contributed by atoms with Crippen molar-refractivity contribution < 1.29 is 8.78 Å². The number of hydrogen-bond acceptors (Lipinski definition) is 3. The van der Waals surface area contributed by atoms with Crippen LogP contribution < -0.4 is 5.73 Å². The molecule has 3 aromatic rings. The van der Waals surface area contributed by atoms with E-state index in [1.807, 2.05) is 0 Å². The molecular formula is C14H9F2N3. The van der Waals surface area contributed by atoms with E-state index < -0.39 is 11.6 Å². The zero-order valence-corrected chi connectivity index (χ0v) is 9.77. The number of hydrogen-bond donors (Lipinski definition) is 1. The van der Waals surface area contributed by atoms with Crippen molar-refractivity contribution in [3.05, 3.63) is 54.2 Å². The topological polar surface area (TPSA) is 51.8 Å². The number of rotatable bonds is 1. The maximum Gasteiger partial charge on any atom is 0.165 e. The van der Waals surface area contributed by atoms with Crippen molar-refractivity contribution in [3.63, 3.8) is 0 Å². The fourth-order valence-corrected chi connectivity index (χ4v) is 1.91. The van der Waals surface area contributed by atoms with E-state index in [1.54, 1.807) is 18.2 Å². The molecule has 0 aliphatic carbocycles. The van der Waals surface area contributed by atoms with E-state index in [1.165, 1.54) is 24.4 Å². The highest BCUT2D eigenvalue weighted by molar-refractivity contribution is 5.89. The maximum atomic E-state index is 13.7. The Balaban J connectivity index is 2.29. The number of halogens is 2. The Hall–Kier alpha value is -2.56. The van der Waals surface area contributed by atoms with Gasteiger partial charge in [0.15, 0.2) is 5.82 Å². The van der Waals surface area contributed by atoms with Gasteiger partial charge in [-0.2, -0.15) is 0 Å². The molecule has 5 heteroatoms. The van der Waals surface area contributed by atoms with Gasteiger partial charge < -0.3 is 5.73 Å². The fraction of sp³-hybridized carbons (Fsp3) is 0. The van der Waals surface area contributed by atoms with Gasteiger partial charge in [-0.3, -0.25) is 0 Å². The van der Waals surface area contributed by atoms with Crippen molar-refractivity contribution in [2.75, 3.05) is 5.73 Å². The number of nitrogens with zero attached hydrogens (tertiary/aromatic N) is 2. The van der Waals surface area contributed by atoms with Gasteiger partial charge in [0, 0.05) is 11.6 Å². The smallest absolute Gasteiger partial charge is 0.165 e. The first-order chi connectivity index (χ1) is 9.16. The third-order valence-corrected chi connectivity index (χ3v) is 2.83. The van der Waals surface area contributed by atoms with Gasteiger partial charge in [0.25, 0.3) is 0 Å². The SMILES string of the molecule is Nc1cccc2cnc(-c3c(F)cccc3F)nc12. The highest BCUT2D eigenvalue weighted by Gasteiger charge is 2.14. The quantitative estimate of drug-likeness (QED) is 0.681. The second-order valence-corrected chi connectivity index (χ2v) is 4.08. The minimum atomic E-state index is -0.700. The molecule has 0 amide bonds. The van der Waals surface area contributed by atoms with Crippen LogP contribution in [-0.2, 0) is 0 Å². The van der Waals surface area contributed by atoms with Crippen LogP contribution in [0, 0.1) is 11.6 Å². The lowest BCUT2D eigenvalue weighted by atomic mass is 10.1. The molecule has 0 saturated carbocycles. The summed E-state index contributed by atoms with van der Waals surface area (Å²) in [6.07, 6.45) is 1.50. The largest absolute Gasteiger partial charge is 0.397 e. The number of nitrogen functional groups attached to an aromatic ring is 1. The van der Waals surface area contributed by atoms with Crippen molar-refractivity contribution in [2.45, 2.75) is 0 Å². The molecule has 19 heavy (non-hydrogen) atoms. The summed E-state index contributed by atoms with van der Waals surface area (Å²) >= 11 is 0. The van der Waals surface area contributed by atoms with E-state index in [0.29, 0.717) is 11.2 Å². The van der Waals surface area contributed by atoms with Gasteiger partial charge in [0.1, 0.15) is 11.6 Å². The predicted molar refractivity (Wildman–Crippen MR) is 69.3 cm³/mol. The molecule has 94 valence electrons. The highest BCUT2D eigenvalue weighted by Crippen LogP contribution is 2.25. The van der Waals surface area contributed by atoms with Crippen LogP contribution in [0.15, 0.2) is 42.6 Å². The van der Waals surface area contributed by atoms with Gasteiger partial charge in [0.2, 0.25) is 0 Å². The standard InChI is InChI=1S/C14H9F2N3/c15-9-4-2-5-10(16)12(9)14-18-7-8-3-1-6-11(17)13(8)19-14/h1-7H,17H2. The lowest BCUT2D eigenvalue weighted by Crippen LogP contribution is -1.97. The van der Waals surface area contributed by atoms with Crippen LogP contribution >= 0.6 is 0 Å². The summed E-state index contributed by atoms with van der Waals surface area (Å²) in [4.78, 5) is 8.14. The van der Waals surface area contributed by atoms with Crippen LogP contribution in [0.1, 0.15) is 0 Å². The molecule has 0 fully saturated rings. The summed E-state index contributed by atoms with van der Waals surface area (Å²) in [7, 11) is 0. The first-order valence-corrected chi connectivity index (χ1v) is 5.62. The molecular weight excluding hydrogens is 248 g/mol. The number of benzene rings is 2. The van der Waals surface area contributed by atoms with Crippen molar-refractivity contribution >= 4 is 16.6 Å². The summed E-state index contributed by atoms with van der Waals surface area (Å²) in [6, 6.07) is 8.86. The molecule has 0 radical (unpaired) electrons. The van der Waals surface area contributed by atoms with Crippen LogP contribution in [0.25, 0.3) is 22.3 Å².